The topological polar surface area (TPSA) is 37.3 Å². The molecule has 0 unspecified atom stereocenters. The fourth-order valence-electron chi connectivity index (χ4n) is 2.21. The van der Waals surface area contributed by atoms with Crippen LogP contribution in [-0.4, -0.2) is 16.5 Å². The van der Waals surface area contributed by atoms with E-state index in [0.29, 0.717) is 0 Å². The molecule has 0 amide bonds. The van der Waals surface area contributed by atoms with Crippen molar-refractivity contribution in [2.75, 3.05) is 0 Å². The third-order valence-electron chi connectivity index (χ3n) is 2.95. The fraction of sp³-hybridized carbons (Fsp3) is 0.667. The maximum Gasteiger partial charge on any atom is 0.159 e. The molecule has 2 heteroatoms. The van der Waals surface area contributed by atoms with Crippen LogP contribution in [0.1, 0.15) is 19.8 Å². The van der Waals surface area contributed by atoms with Gasteiger partial charge in [0.15, 0.2) is 5.78 Å². The van der Waals surface area contributed by atoms with Crippen LogP contribution in [0.4, 0.5) is 0 Å². The molecular weight excluding hydrogens is 140 g/mol. The lowest BCUT2D eigenvalue weighted by Gasteiger charge is -2.22. The predicted molar refractivity (Wildman–Crippen MR) is 41.0 cm³/mol. The molecule has 0 aromatic carbocycles. The van der Waals surface area contributed by atoms with Crippen molar-refractivity contribution in [3.05, 3.63) is 12.2 Å². The molecule has 0 spiro atoms. The van der Waals surface area contributed by atoms with Gasteiger partial charge in [-0.15, -0.1) is 0 Å². The number of carbonyl (C=O) groups is 1. The van der Waals surface area contributed by atoms with Crippen LogP contribution < -0.4 is 0 Å². The highest BCUT2D eigenvalue weighted by Crippen LogP contribution is 2.44. The number of ketones is 1. The van der Waals surface area contributed by atoms with E-state index in [-0.39, 0.29) is 17.6 Å². The number of allylic oxidation sites excluding steroid dienone is 1. The van der Waals surface area contributed by atoms with Crippen molar-refractivity contribution < 1.29 is 9.90 Å². The molecule has 3 atom stereocenters. The second-order valence-corrected chi connectivity index (χ2v) is 3.79. The van der Waals surface area contributed by atoms with Gasteiger partial charge in [-0.25, -0.2) is 0 Å². The SMILES string of the molecule is C[C@@]1(O)CC[C@@H]2C(=O)C=C[C@@H]21. The largest absolute Gasteiger partial charge is 0.390 e. The van der Waals surface area contributed by atoms with Crippen LogP contribution in [0.15, 0.2) is 12.2 Å². The lowest BCUT2D eigenvalue weighted by atomic mass is 9.90. The van der Waals surface area contributed by atoms with Crippen LogP contribution >= 0.6 is 0 Å². The van der Waals surface area contributed by atoms with Gasteiger partial charge in [-0.05, 0) is 25.8 Å². The van der Waals surface area contributed by atoms with Gasteiger partial charge in [0.05, 0.1) is 5.60 Å². The highest BCUT2D eigenvalue weighted by Gasteiger charge is 2.47. The molecule has 1 N–H and O–H groups in total. The standard InChI is InChI=1S/C9H12O2/c1-9(11)5-4-6-7(9)2-3-8(6)10/h2-3,6-7,11H,4-5H2,1H3/t6-,7-,9+/m0/s1. The van der Waals surface area contributed by atoms with Crippen LogP contribution in [0.3, 0.4) is 0 Å². The first-order valence-corrected chi connectivity index (χ1v) is 4.06. The molecule has 0 aromatic heterocycles. The maximum atomic E-state index is 11.1. The first kappa shape index (κ1) is 7.04. The van der Waals surface area contributed by atoms with Crippen molar-refractivity contribution in [3.8, 4) is 0 Å². The Kier molecular flexibility index (Phi) is 1.25. The Morgan fingerprint density at radius 2 is 2.45 bits per heavy atom. The number of fused-ring (bicyclic) bond motifs is 1. The lowest BCUT2D eigenvalue weighted by molar-refractivity contribution is -0.118. The Morgan fingerprint density at radius 3 is 3.09 bits per heavy atom. The van der Waals surface area contributed by atoms with Crippen molar-refractivity contribution in [2.45, 2.75) is 25.4 Å². The first-order chi connectivity index (χ1) is 5.11. The Labute approximate surface area is 65.9 Å². The van der Waals surface area contributed by atoms with Gasteiger partial charge in [0.2, 0.25) is 0 Å². The second-order valence-electron chi connectivity index (χ2n) is 3.79. The Morgan fingerprint density at radius 1 is 1.73 bits per heavy atom. The van der Waals surface area contributed by atoms with E-state index in [1.807, 2.05) is 13.0 Å². The molecule has 60 valence electrons. The van der Waals surface area contributed by atoms with Gasteiger partial charge in [-0.1, -0.05) is 6.08 Å². The van der Waals surface area contributed by atoms with E-state index in [4.69, 9.17) is 0 Å². The zero-order valence-corrected chi connectivity index (χ0v) is 6.58. The molecular formula is C9H12O2. The third kappa shape index (κ3) is 0.857. The van der Waals surface area contributed by atoms with Crippen LogP contribution in [0, 0.1) is 11.8 Å². The average Bonchev–Trinajstić information content (AvgIpc) is 2.39. The Balaban J connectivity index is 2.30. The minimum absolute atomic E-state index is 0.0880. The van der Waals surface area contributed by atoms with Gasteiger partial charge >= 0.3 is 0 Å². The summed E-state index contributed by atoms with van der Waals surface area (Å²) in [4.78, 5) is 11.1. The summed E-state index contributed by atoms with van der Waals surface area (Å²) in [5.74, 6) is 0.382. The Bertz CT molecular complexity index is 228. The summed E-state index contributed by atoms with van der Waals surface area (Å²) >= 11 is 0. The molecule has 0 bridgehead atoms. The van der Waals surface area contributed by atoms with E-state index in [1.165, 1.54) is 0 Å². The molecule has 0 radical (unpaired) electrons. The average molecular weight is 152 g/mol. The van der Waals surface area contributed by atoms with Gasteiger partial charge in [0, 0.05) is 11.8 Å². The van der Waals surface area contributed by atoms with Crippen LogP contribution in [-0.2, 0) is 4.79 Å². The van der Waals surface area contributed by atoms with Gasteiger partial charge in [-0.2, -0.15) is 0 Å². The van der Waals surface area contributed by atoms with Gasteiger partial charge < -0.3 is 5.11 Å². The van der Waals surface area contributed by atoms with E-state index in [1.54, 1.807) is 6.08 Å². The lowest BCUT2D eigenvalue weighted by Crippen LogP contribution is -2.29. The number of hydrogen-bond donors (Lipinski definition) is 1. The third-order valence-corrected chi connectivity index (χ3v) is 2.95. The normalized spacial score (nSPS) is 48.4. The summed E-state index contributed by atoms with van der Waals surface area (Å²) in [5, 5.41) is 9.78. The summed E-state index contributed by atoms with van der Waals surface area (Å²) in [7, 11) is 0. The summed E-state index contributed by atoms with van der Waals surface area (Å²) in [5.41, 5.74) is -0.632. The molecule has 2 aliphatic carbocycles. The van der Waals surface area contributed by atoms with Crippen molar-refractivity contribution in [1.29, 1.82) is 0 Å². The van der Waals surface area contributed by atoms with Crippen molar-refractivity contribution in [3.63, 3.8) is 0 Å². The summed E-state index contributed by atoms with van der Waals surface area (Å²) in [6.45, 7) is 1.82. The zero-order chi connectivity index (χ0) is 8.06. The molecule has 1 fully saturated rings. The molecule has 2 aliphatic rings. The molecule has 0 saturated heterocycles. The number of aliphatic hydroxyl groups is 1. The molecule has 1 saturated carbocycles. The molecule has 11 heavy (non-hydrogen) atoms. The van der Waals surface area contributed by atoms with E-state index in [2.05, 4.69) is 0 Å². The molecule has 0 aliphatic heterocycles. The number of rotatable bonds is 0. The van der Waals surface area contributed by atoms with Gasteiger partial charge in [-0.3, -0.25) is 4.79 Å². The molecule has 0 aromatic rings. The van der Waals surface area contributed by atoms with Gasteiger partial charge in [0.25, 0.3) is 0 Å². The predicted octanol–water partition coefficient (Wildman–Crippen LogP) is 0.902. The Hall–Kier alpha value is -0.630. The van der Waals surface area contributed by atoms with Crippen molar-refractivity contribution in [1.82, 2.24) is 0 Å². The van der Waals surface area contributed by atoms with E-state index >= 15 is 0 Å². The first-order valence-electron chi connectivity index (χ1n) is 4.06. The van der Waals surface area contributed by atoms with Crippen LogP contribution in [0.2, 0.25) is 0 Å². The van der Waals surface area contributed by atoms with Crippen LogP contribution in [0.5, 0.6) is 0 Å². The summed E-state index contributed by atoms with van der Waals surface area (Å²) < 4.78 is 0. The second kappa shape index (κ2) is 1.95. The minimum Gasteiger partial charge on any atom is -0.390 e. The van der Waals surface area contributed by atoms with Gasteiger partial charge in [0.1, 0.15) is 0 Å². The zero-order valence-electron chi connectivity index (χ0n) is 6.58. The highest BCUT2D eigenvalue weighted by molar-refractivity contribution is 5.95. The van der Waals surface area contributed by atoms with E-state index < -0.39 is 5.60 Å². The fourth-order valence-corrected chi connectivity index (χ4v) is 2.21. The summed E-state index contributed by atoms with van der Waals surface area (Å²) in [6.07, 6.45) is 5.09. The van der Waals surface area contributed by atoms with E-state index in [0.717, 1.165) is 12.8 Å². The van der Waals surface area contributed by atoms with E-state index in [9.17, 15) is 9.90 Å². The van der Waals surface area contributed by atoms with Crippen molar-refractivity contribution >= 4 is 5.78 Å². The smallest absolute Gasteiger partial charge is 0.159 e. The monoisotopic (exact) mass is 152 g/mol. The highest BCUT2D eigenvalue weighted by atomic mass is 16.3. The number of hydrogen-bond acceptors (Lipinski definition) is 2. The summed E-state index contributed by atoms with van der Waals surface area (Å²) in [6, 6.07) is 0. The quantitative estimate of drug-likeness (QED) is 0.560. The molecule has 0 heterocycles. The van der Waals surface area contributed by atoms with Crippen LogP contribution in [0.25, 0.3) is 0 Å². The molecule has 2 rings (SSSR count). The number of carbonyl (C=O) groups excluding carboxylic acids is 1. The van der Waals surface area contributed by atoms with Crippen molar-refractivity contribution in [2.24, 2.45) is 11.8 Å². The maximum absolute atomic E-state index is 11.1. The minimum atomic E-state index is -0.632. The molecule has 2 nitrogen and oxygen atoms in total.